The number of amides is 1. The van der Waals surface area contributed by atoms with Gasteiger partial charge >= 0.3 is 5.97 Å². The smallest absolute Gasteiger partial charge is 0.328 e. The van der Waals surface area contributed by atoms with Gasteiger partial charge in [0.15, 0.2) is 0 Å². The Morgan fingerprint density at radius 1 is 1.38 bits per heavy atom. The predicted octanol–water partition coefficient (Wildman–Crippen LogP) is -0.406. The molecule has 0 bridgehead atoms. The fourth-order valence-electron chi connectivity index (χ4n) is 0.810. The molecule has 0 rings (SSSR count). The van der Waals surface area contributed by atoms with Crippen molar-refractivity contribution < 1.29 is 19.8 Å². The van der Waals surface area contributed by atoms with E-state index in [0.717, 1.165) is 0 Å². The monoisotopic (exact) mass is 189 g/mol. The summed E-state index contributed by atoms with van der Waals surface area (Å²) in [4.78, 5) is 21.4. The van der Waals surface area contributed by atoms with Crippen LogP contribution in [-0.4, -0.2) is 34.7 Å². The molecule has 5 nitrogen and oxygen atoms in total. The molecule has 0 aromatic rings. The summed E-state index contributed by atoms with van der Waals surface area (Å²) in [5.74, 6) is -1.40. The zero-order valence-electron chi connectivity index (χ0n) is 7.78. The molecule has 0 radical (unpaired) electrons. The molecule has 0 aliphatic heterocycles. The first-order valence-corrected chi connectivity index (χ1v) is 4.10. The van der Waals surface area contributed by atoms with E-state index >= 15 is 0 Å². The number of aliphatic hydroxyl groups excluding tert-OH is 1. The van der Waals surface area contributed by atoms with Gasteiger partial charge in [0.2, 0.25) is 5.91 Å². The van der Waals surface area contributed by atoms with Crippen LogP contribution in [0.25, 0.3) is 0 Å². The summed E-state index contributed by atoms with van der Waals surface area (Å²) in [6.45, 7) is 3.13. The third-order valence-corrected chi connectivity index (χ3v) is 1.41. The number of carbonyl (C=O) groups excluding carboxylic acids is 1. The minimum Gasteiger partial charge on any atom is -0.480 e. The normalized spacial score (nSPS) is 12.6. The van der Waals surface area contributed by atoms with E-state index < -0.39 is 18.6 Å². The van der Waals surface area contributed by atoms with Gasteiger partial charge in [0, 0.05) is 6.42 Å². The van der Waals surface area contributed by atoms with E-state index in [0.29, 0.717) is 0 Å². The summed E-state index contributed by atoms with van der Waals surface area (Å²) in [6, 6.07) is -1.19. The Morgan fingerprint density at radius 3 is 2.23 bits per heavy atom. The SMILES string of the molecule is CC(C)CC(=O)N[C@@H](CO)C(=O)O. The summed E-state index contributed by atoms with van der Waals surface area (Å²) in [6.07, 6.45) is 0.268. The van der Waals surface area contributed by atoms with Crippen LogP contribution in [0.2, 0.25) is 0 Å². The van der Waals surface area contributed by atoms with Crippen LogP contribution in [0.4, 0.5) is 0 Å². The number of hydrogen-bond donors (Lipinski definition) is 3. The standard InChI is InChI=1S/C8H15NO4/c1-5(2)3-7(11)9-6(4-10)8(12)13/h5-6,10H,3-4H2,1-2H3,(H,9,11)(H,12,13)/t6-/m0/s1. The lowest BCUT2D eigenvalue weighted by atomic mass is 10.1. The Bertz CT molecular complexity index is 191. The Balaban J connectivity index is 3.94. The first-order chi connectivity index (χ1) is 5.97. The van der Waals surface area contributed by atoms with Crippen molar-refractivity contribution in [3.8, 4) is 0 Å². The molecule has 5 heteroatoms. The van der Waals surface area contributed by atoms with Crippen molar-refractivity contribution in [3.05, 3.63) is 0 Å². The van der Waals surface area contributed by atoms with E-state index in [-0.39, 0.29) is 18.2 Å². The van der Waals surface area contributed by atoms with Crippen LogP contribution in [0.1, 0.15) is 20.3 Å². The molecule has 1 amide bonds. The molecular weight excluding hydrogens is 174 g/mol. The van der Waals surface area contributed by atoms with Gasteiger partial charge in [-0.2, -0.15) is 0 Å². The molecule has 1 atom stereocenters. The van der Waals surface area contributed by atoms with Gasteiger partial charge in [0.25, 0.3) is 0 Å². The second kappa shape index (κ2) is 5.53. The van der Waals surface area contributed by atoms with E-state index in [9.17, 15) is 9.59 Å². The van der Waals surface area contributed by atoms with E-state index in [2.05, 4.69) is 5.32 Å². The highest BCUT2D eigenvalue weighted by molar-refractivity contribution is 5.83. The van der Waals surface area contributed by atoms with Gasteiger partial charge in [-0.1, -0.05) is 13.8 Å². The Morgan fingerprint density at radius 2 is 1.92 bits per heavy atom. The fraction of sp³-hybridized carbons (Fsp3) is 0.750. The first-order valence-electron chi connectivity index (χ1n) is 4.10. The number of rotatable bonds is 5. The number of carboxylic acids is 1. The maximum Gasteiger partial charge on any atom is 0.328 e. The highest BCUT2D eigenvalue weighted by Crippen LogP contribution is 1.98. The number of carbonyl (C=O) groups is 2. The summed E-state index contributed by atoms with van der Waals surface area (Å²) in [7, 11) is 0. The molecule has 0 spiro atoms. The third kappa shape index (κ3) is 5.19. The quantitative estimate of drug-likeness (QED) is 0.549. The van der Waals surface area contributed by atoms with Gasteiger partial charge in [-0.05, 0) is 5.92 Å². The molecule has 0 heterocycles. The lowest BCUT2D eigenvalue weighted by Crippen LogP contribution is -2.43. The minimum atomic E-state index is -1.22. The molecule has 0 aromatic heterocycles. The van der Waals surface area contributed by atoms with E-state index in [1.54, 1.807) is 0 Å². The van der Waals surface area contributed by atoms with Crippen LogP contribution in [0.15, 0.2) is 0 Å². The van der Waals surface area contributed by atoms with Crippen molar-refractivity contribution in [2.24, 2.45) is 5.92 Å². The zero-order valence-corrected chi connectivity index (χ0v) is 7.78. The molecule has 0 fully saturated rings. The lowest BCUT2D eigenvalue weighted by molar-refractivity contribution is -0.143. The molecular formula is C8H15NO4. The number of hydrogen-bond acceptors (Lipinski definition) is 3. The predicted molar refractivity (Wildman–Crippen MR) is 46.1 cm³/mol. The Labute approximate surface area is 76.8 Å². The van der Waals surface area contributed by atoms with Crippen LogP contribution in [0.3, 0.4) is 0 Å². The van der Waals surface area contributed by atoms with Gasteiger partial charge in [-0.15, -0.1) is 0 Å². The van der Waals surface area contributed by atoms with Crippen LogP contribution >= 0.6 is 0 Å². The van der Waals surface area contributed by atoms with E-state index in [1.165, 1.54) is 0 Å². The third-order valence-electron chi connectivity index (χ3n) is 1.41. The molecule has 3 N–H and O–H groups in total. The molecule has 0 saturated carbocycles. The molecule has 0 aliphatic rings. The van der Waals surface area contributed by atoms with Crippen LogP contribution in [0, 0.1) is 5.92 Å². The Hall–Kier alpha value is -1.10. The summed E-state index contributed by atoms with van der Waals surface area (Å²) >= 11 is 0. The summed E-state index contributed by atoms with van der Waals surface area (Å²) in [5, 5.41) is 19.3. The van der Waals surface area contributed by atoms with Crippen LogP contribution in [0.5, 0.6) is 0 Å². The van der Waals surface area contributed by atoms with Crippen LogP contribution in [-0.2, 0) is 9.59 Å². The number of aliphatic hydroxyl groups is 1. The highest BCUT2D eigenvalue weighted by Gasteiger charge is 2.18. The summed E-state index contributed by atoms with van der Waals surface area (Å²) < 4.78 is 0. The number of nitrogens with one attached hydrogen (secondary N) is 1. The summed E-state index contributed by atoms with van der Waals surface area (Å²) in [5.41, 5.74) is 0. The maximum absolute atomic E-state index is 11.0. The average molecular weight is 189 g/mol. The molecule has 0 saturated heterocycles. The van der Waals surface area contributed by atoms with Gasteiger partial charge in [-0.3, -0.25) is 4.79 Å². The molecule has 0 aromatic carbocycles. The van der Waals surface area contributed by atoms with Crippen molar-refractivity contribution in [2.45, 2.75) is 26.3 Å². The highest BCUT2D eigenvalue weighted by atomic mass is 16.4. The Kier molecular flexibility index (Phi) is 5.06. The van der Waals surface area contributed by atoms with Crippen molar-refractivity contribution >= 4 is 11.9 Å². The number of aliphatic carboxylic acids is 1. The molecule has 13 heavy (non-hydrogen) atoms. The second-order valence-corrected chi connectivity index (χ2v) is 3.24. The zero-order chi connectivity index (χ0) is 10.4. The van der Waals surface area contributed by atoms with Gasteiger partial charge in [0.1, 0.15) is 6.04 Å². The average Bonchev–Trinajstić information content (AvgIpc) is 1.98. The maximum atomic E-state index is 11.0. The molecule has 76 valence electrons. The molecule has 0 unspecified atom stereocenters. The molecule has 0 aliphatic carbocycles. The fourth-order valence-corrected chi connectivity index (χ4v) is 0.810. The van der Waals surface area contributed by atoms with Crippen LogP contribution < -0.4 is 5.32 Å². The minimum absolute atomic E-state index is 0.174. The topological polar surface area (TPSA) is 86.6 Å². The van der Waals surface area contributed by atoms with E-state index in [1.807, 2.05) is 13.8 Å². The van der Waals surface area contributed by atoms with E-state index in [4.69, 9.17) is 10.2 Å². The second-order valence-electron chi connectivity index (χ2n) is 3.24. The van der Waals surface area contributed by atoms with Gasteiger partial charge in [-0.25, -0.2) is 4.79 Å². The van der Waals surface area contributed by atoms with Crippen molar-refractivity contribution in [2.75, 3.05) is 6.61 Å². The largest absolute Gasteiger partial charge is 0.480 e. The van der Waals surface area contributed by atoms with Crippen molar-refractivity contribution in [1.29, 1.82) is 0 Å². The first kappa shape index (κ1) is 11.9. The van der Waals surface area contributed by atoms with Crippen molar-refractivity contribution in [1.82, 2.24) is 5.32 Å². The lowest BCUT2D eigenvalue weighted by Gasteiger charge is -2.12. The van der Waals surface area contributed by atoms with Crippen molar-refractivity contribution in [3.63, 3.8) is 0 Å². The van der Waals surface area contributed by atoms with Gasteiger partial charge < -0.3 is 15.5 Å². The van der Waals surface area contributed by atoms with Gasteiger partial charge in [0.05, 0.1) is 6.61 Å². The number of carboxylic acid groups (broad SMARTS) is 1.